The minimum atomic E-state index is -3.58. The number of non-ortho nitro benzene ring substituents is 1. The van der Waals surface area contributed by atoms with Gasteiger partial charge in [-0.05, 0) is 31.2 Å². The van der Waals surface area contributed by atoms with E-state index in [-0.39, 0.29) is 36.1 Å². The van der Waals surface area contributed by atoms with Crippen molar-refractivity contribution in [1.29, 1.82) is 0 Å². The Morgan fingerprint density at radius 1 is 1.16 bits per heavy atom. The van der Waals surface area contributed by atoms with Gasteiger partial charge in [-0.1, -0.05) is 28.1 Å². The van der Waals surface area contributed by atoms with Gasteiger partial charge in [0.2, 0.25) is 10.0 Å². The molecule has 1 fully saturated rings. The Morgan fingerprint density at radius 3 is 2.44 bits per heavy atom. The molecule has 0 aromatic heterocycles. The summed E-state index contributed by atoms with van der Waals surface area (Å²) in [7, 11) is -3.58. The summed E-state index contributed by atoms with van der Waals surface area (Å²) >= 11 is 3.29. The number of amides is 1. The maximum absolute atomic E-state index is 12.8. The molecule has 0 atom stereocenters. The highest BCUT2D eigenvalue weighted by Gasteiger charge is 2.29. The monoisotopic (exact) mass is 523 g/mol. The normalized spacial score (nSPS) is 16.0. The summed E-state index contributed by atoms with van der Waals surface area (Å²) in [6.45, 7) is 3.10. The molecular formula is C20H22BrN5O5S. The number of carbonyl (C=O) groups excluding carboxylic acids is 1. The molecular weight excluding hydrogens is 502 g/mol. The lowest BCUT2D eigenvalue weighted by Crippen LogP contribution is -2.50. The largest absolute Gasteiger partial charge is 0.292 e. The fraction of sp³-hybridized carbons (Fsp3) is 0.300. The zero-order valence-corrected chi connectivity index (χ0v) is 19.7. The molecule has 0 bridgehead atoms. The van der Waals surface area contributed by atoms with Crippen molar-refractivity contribution in [2.24, 2.45) is 5.10 Å². The topological polar surface area (TPSA) is 125 Å². The quantitative estimate of drug-likeness (QED) is 0.337. The van der Waals surface area contributed by atoms with Crippen LogP contribution in [0.3, 0.4) is 0 Å². The predicted octanol–water partition coefficient (Wildman–Crippen LogP) is 2.20. The van der Waals surface area contributed by atoms with E-state index in [0.717, 1.165) is 4.47 Å². The van der Waals surface area contributed by atoms with Gasteiger partial charge in [0.15, 0.2) is 0 Å². The van der Waals surface area contributed by atoms with Crippen LogP contribution in [0.15, 0.2) is 63.0 Å². The maximum atomic E-state index is 12.8. The molecule has 3 rings (SSSR count). The highest BCUT2D eigenvalue weighted by Crippen LogP contribution is 2.20. The number of nitro groups is 1. The van der Waals surface area contributed by atoms with E-state index < -0.39 is 14.9 Å². The van der Waals surface area contributed by atoms with Crippen LogP contribution >= 0.6 is 15.9 Å². The van der Waals surface area contributed by atoms with Crippen LogP contribution in [0.2, 0.25) is 0 Å². The van der Waals surface area contributed by atoms with Gasteiger partial charge >= 0.3 is 0 Å². The van der Waals surface area contributed by atoms with Crippen molar-refractivity contribution in [3.8, 4) is 0 Å². The molecule has 0 unspecified atom stereocenters. The Kier molecular flexibility index (Phi) is 7.72. The number of nitrogens with zero attached hydrogens (tertiary/aromatic N) is 4. The number of sulfonamides is 1. The number of halogens is 1. The lowest BCUT2D eigenvalue weighted by atomic mass is 10.1. The van der Waals surface area contributed by atoms with Crippen molar-refractivity contribution < 1.29 is 18.1 Å². The average Bonchev–Trinajstić information content (AvgIpc) is 2.78. The number of hydrazone groups is 1. The van der Waals surface area contributed by atoms with Crippen LogP contribution in [0.5, 0.6) is 0 Å². The van der Waals surface area contributed by atoms with E-state index in [1.54, 1.807) is 43.3 Å². The number of benzene rings is 2. The molecule has 170 valence electrons. The Bertz CT molecular complexity index is 1130. The van der Waals surface area contributed by atoms with Crippen molar-refractivity contribution >= 4 is 43.3 Å². The highest BCUT2D eigenvalue weighted by molar-refractivity contribution is 9.10. The molecule has 10 nitrogen and oxygen atoms in total. The van der Waals surface area contributed by atoms with Gasteiger partial charge in [-0.2, -0.15) is 9.41 Å². The van der Waals surface area contributed by atoms with Gasteiger partial charge in [0.25, 0.3) is 11.6 Å². The third kappa shape index (κ3) is 5.97. The fourth-order valence-electron chi connectivity index (χ4n) is 3.18. The van der Waals surface area contributed by atoms with Crippen molar-refractivity contribution in [3.63, 3.8) is 0 Å². The first-order valence-electron chi connectivity index (χ1n) is 9.73. The summed E-state index contributed by atoms with van der Waals surface area (Å²) in [5.74, 6) is -0.348. The van der Waals surface area contributed by atoms with E-state index in [1.807, 2.05) is 4.90 Å². The summed E-state index contributed by atoms with van der Waals surface area (Å²) in [5, 5.41) is 14.9. The van der Waals surface area contributed by atoms with Crippen LogP contribution in [-0.4, -0.2) is 66.9 Å². The van der Waals surface area contributed by atoms with Crippen molar-refractivity contribution in [2.45, 2.75) is 11.8 Å². The summed E-state index contributed by atoms with van der Waals surface area (Å²) in [6.07, 6.45) is 0. The number of nitro benzene ring substituents is 1. The first-order valence-corrected chi connectivity index (χ1v) is 12.0. The summed E-state index contributed by atoms with van der Waals surface area (Å²) in [4.78, 5) is 24.7. The lowest BCUT2D eigenvalue weighted by Gasteiger charge is -2.33. The predicted molar refractivity (Wildman–Crippen MR) is 123 cm³/mol. The molecule has 12 heteroatoms. The Hall–Kier alpha value is -2.67. The molecule has 1 heterocycles. The molecule has 1 saturated heterocycles. The Labute approximate surface area is 194 Å². The number of carbonyl (C=O) groups is 1. The Morgan fingerprint density at radius 2 is 1.81 bits per heavy atom. The lowest BCUT2D eigenvalue weighted by molar-refractivity contribution is -0.384. The molecule has 0 saturated carbocycles. The van der Waals surface area contributed by atoms with E-state index in [2.05, 4.69) is 26.5 Å². The minimum Gasteiger partial charge on any atom is -0.292 e. The van der Waals surface area contributed by atoms with Gasteiger partial charge in [-0.25, -0.2) is 13.8 Å². The third-order valence-corrected chi connectivity index (χ3v) is 7.41. The van der Waals surface area contributed by atoms with Crippen LogP contribution in [0.4, 0.5) is 5.69 Å². The van der Waals surface area contributed by atoms with Crippen LogP contribution in [0, 0.1) is 10.1 Å². The first-order chi connectivity index (χ1) is 15.2. The summed E-state index contributed by atoms with van der Waals surface area (Å²) in [6, 6.07) is 12.5. The van der Waals surface area contributed by atoms with Crippen molar-refractivity contribution in [2.75, 3.05) is 32.7 Å². The maximum Gasteiger partial charge on any atom is 0.270 e. The van der Waals surface area contributed by atoms with E-state index in [4.69, 9.17) is 0 Å². The van der Waals surface area contributed by atoms with Crippen LogP contribution in [0.1, 0.15) is 12.5 Å². The summed E-state index contributed by atoms with van der Waals surface area (Å²) in [5.41, 5.74) is 3.37. The van der Waals surface area contributed by atoms with Gasteiger partial charge in [0, 0.05) is 48.3 Å². The number of nitrogens with one attached hydrogen (secondary N) is 1. The van der Waals surface area contributed by atoms with Crippen molar-refractivity contribution in [3.05, 3.63) is 68.7 Å². The molecule has 2 aromatic rings. The smallest absolute Gasteiger partial charge is 0.270 e. The molecule has 1 aliphatic rings. The zero-order chi connectivity index (χ0) is 23.3. The van der Waals surface area contributed by atoms with Crippen LogP contribution < -0.4 is 5.43 Å². The van der Waals surface area contributed by atoms with Gasteiger partial charge in [0.1, 0.15) is 0 Å². The Balaban J connectivity index is 1.52. The van der Waals surface area contributed by atoms with Gasteiger partial charge < -0.3 is 0 Å². The number of hydrogen-bond acceptors (Lipinski definition) is 7. The standard InChI is InChI=1S/C20H22BrN5O5S/c1-15(16-3-2-4-18(13-16)26(28)29)22-23-20(27)14-24-9-11-25(12-10-24)32(30,31)19-7-5-17(21)6-8-19/h2-8,13H,9-12,14H2,1H3,(H,23,27)/b22-15+. The number of rotatable bonds is 7. The fourth-order valence-corrected chi connectivity index (χ4v) is 4.86. The van der Waals surface area contributed by atoms with Gasteiger partial charge in [-0.15, -0.1) is 0 Å². The first kappa shape index (κ1) is 24.0. The van der Waals surface area contributed by atoms with Gasteiger partial charge in [0.05, 0.1) is 22.1 Å². The molecule has 1 amide bonds. The number of piperazine rings is 1. The molecule has 32 heavy (non-hydrogen) atoms. The highest BCUT2D eigenvalue weighted by atomic mass is 79.9. The van der Waals surface area contributed by atoms with Crippen molar-refractivity contribution in [1.82, 2.24) is 14.6 Å². The van der Waals surface area contributed by atoms with E-state index in [0.29, 0.717) is 24.4 Å². The SMILES string of the molecule is C/C(=N\NC(=O)CN1CCN(S(=O)(=O)c2ccc(Br)cc2)CC1)c1cccc([N+](=O)[O-])c1. The number of hydrogen-bond donors (Lipinski definition) is 1. The molecule has 2 aromatic carbocycles. The van der Waals surface area contributed by atoms with Gasteiger partial charge in [-0.3, -0.25) is 19.8 Å². The van der Waals surface area contributed by atoms with Crippen LogP contribution in [-0.2, 0) is 14.8 Å². The second-order valence-electron chi connectivity index (χ2n) is 7.17. The minimum absolute atomic E-state index is 0.0562. The van der Waals surface area contributed by atoms with E-state index >= 15 is 0 Å². The zero-order valence-electron chi connectivity index (χ0n) is 17.3. The molecule has 0 radical (unpaired) electrons. The second-order valence-corrected chi connectivity index (χ2v) is 10.0. The molecule has 0 spiro atoms. The molecule has 1 aliphatic heterocycles. The molecule has 1 N–H and O–H groups in total. The van der Waals surface area contributed by atoms with E-state index in [1.165, 1.54) is 16.4 Å². The van der Waals surface area contributed by atoms with E-state index in [9.17, 15) is 23.3 Å². The second kappa shape index (κ2) is 10.3. The molecule has 0 aliphatic carbocycles. The van der Waals surface area contributed by atoms with Crippen LogP contribution in [0.25, 0.3) is 0 Å². The summed E-state index contributed by atoms with van der Waals surface area (Å²) < 4.78 is 27.7. The average molecular weight is 524 g/mol. The third-order valence-electron chi connectivity index (χ3n) is 4.97.